The van der Waals surface area contributed by atoms with E-state index in [-0.39, 0.29) is 19.5 Å². The topological polar surface area (TPSA) is 81.0 Å². The number of anilines is 1. The monoisotopic (exact) mass is 341 g/mol. The zero-order valence-corrected chi connectivity index (χ0v) is 12.9. The number of carbonyl (C=O) groups excluding carboxylic acids is 1. The summed E-state index contributed by atoms with van der Waals surface area (Å²) in [7, 11) is 0. The van der Waals surface area contributed by atoms with Crippen molar-refractivity contribution < 1.29 is 18.0 Å². The van der Waals surface area contributed by atoms with Crippen LogP contribution in [0.3, 0.4) is 0 Å². The van der Waals surface area contributed by atoms with E-state index >= 15 is 0 Å². The van der Waals surface area contributed by atoms with E-state index in [9.17, 15) is 18.0 Å². The molecule has 0 aliphatic carbocycles. The second kappa shape index (κ2) is 7.86. The highest BCUT2D eigenvalue weighted by molar-refractivity contribution is 5.74. The summed E-state index contributed by atoms with van der Waals surface area (Å²) in [6.07, 6.45) is -2.33. The molecule has 9 heteroatoms. The van der Waals surface area contributed by atoms with Crippen LogP contribution in [0.15, 0.2) is 18.3 Å². The Balaban J connectivity index is 1.76. The van der Waals surface area contributed by atoms with E-state index in [1.165, 1.54) is 11.1 Å². The molecule has 2 heterocycles. The molecule has 0 saturated carbocycles. The van der Waals surface area contributed by atoms with Crippen LogP contribution in [0.4, 0.5) is 23.8 Å². The van der Waals surface area contributed by atoms with Gasteiger partial charge in [0, 0.05) is 32.4 Å². The van der Waals surface area contributed by atoms with Gasteiger partial charge < -0.3 is 15.5 Å². The van der Waals surface area contributed by atoms with Crippen molar-refractivity contribution in [3.63, 3.8) is 0 Å². The van der Waals surface area contributed by atoms with Crippen LogP contribution in [0.25, 0.3) is 0 Å². The van der Waals surface area contributed by atoms with E-state index in [2.05, 4.69) is 15.6 Å². The quantitative estimate of drug-likeness (QED) is 0.824. The third-order valence-electron chi connectivity index (χ3n) is 3.79. The fourth-order valence-corrected chi connectivity index (χ4v) is 2.53. The number of amides is 2. The predicted molar refractivity (Wildman–Crippen MR) is 81.2 cm³/mol. The molecule has 1 aliphatic heterocycles. The maximum Gasteiger partial charge on any atom is 0.393 e. The lowest BCUT2D eigenvalue weighted by Gasteiger charge is -2.33. The highest BCUT2D eigenvalue weighted by atomic mass is 19.4. The lowest BCUT2D eigenvalue weighted by Crippen LogP contribution is -2.49. The van der Waals surface area contributed by atoms with Crippen LogP contribution in [0.2, 0.25) is 0 Å². The van der Waals surface area contributed by atoms with Crippen molar-refractivity contribution in [1.29, 1.82) is 5.26 Å². The van der Waals surface area contributed by atoms with Gasteiger partial charge in [0.1, 0.15) is 11.9 Å². The van der Waals surface area contributed by atoms with Crippen LogP contribution >= 0.6 is 0 Å². The number of halogens is 3. The van der Waals surface area contributed by atoms with E-state index < -0.39 is 18.1 Å². The molecule has 6 nitrogen and oxygen atoms in total. The van der Waals surface area contributed by atoms with Gasteiger partial charge in [-0.25, -0.2) is 9.78 Å². The van der Waals surface area contributed by atoms with Gasteiger partial charge in [0.25, 0.3) is 0 Å². The minimum Gasteiger partial charge on any atom is -0.367 e. The number of likely N-dealkylation sites (tertiary alicyclic amines) is 1. The summed E-state index contributed by atoms with van der Waals surface area (Å²) in [6.45, 7) is 0.549. The van der Waals surface area contributed by atoms with Crippen molar-refractivity contribution in [2.45, 2.75) is 19.0 Å². The van der Waals surface area contributed by atoms with Gasteiger partial charge in [0.2, 0.25) is 0 Å². The fraction of sp³-hybridized carbons (Fsp3) is 0.533. The molecule has 1 aromatic heterocycles. The summed E-state index contributed by atoms with van der Waals surface area (Å²) in [4.78, 5) is 17.2. The highest BCUT2D eigenvalue weighted by Gasteiger charge is 2.42. The molecule has 0 radical (unpaired) electrons. The number of nitriles is 1. The Bertz CT molecular complexity index is 614. The molecular formula is C15H18F3N5O. The molecule has 130 valence electrons. The Kier molecular flexibility index (Phi) is 5.84. The van der Waals surface area contributed by atoms with E-state index in [0.29, 0.717) is 30.9 Å². The number of carbonyl (C=O) groups is 1. The van der Waals surface area contributed by atoms with E-state index in [4.69, 9.17) is 5.26 Å². The normalized spacial score (nSPS) is 17.9. The number of nitrogens with zero attached hydrogens (tertiary/aromatic N) is 3. The molecule has 2 rings (SSSR count). The zero-order chi connectivity index (χ0) is 17.6. The lowest BCUT2D eigenvalue weighted by molar-refractivity contribution is -0.183. The second-order valence-corrected chi connectivity index (χ2v) is 5.50. The van der Waals surface area contributed by atoms with Crippen molar-refractivity contribution in [3.05, 3.63) is 23.9 Å². The van der Waals surface area contributed by atoms with Crippen molar-refractivity contribution in [3.8, 4) is 6.07 Å². The molecule has 24 heavy (non-hydrogen) atoms. The molecule has 0 bridgehead atoms. The number of urea groups is 1. The molecule has 2 amide bonds. The Morgan fingerprint density at radius 2 is 2.25 bits per heavy atom. The summed E-state index contributed by atoms with van der Waals surface area (Å²) in [6, 6.07) is 4.73. The van der Waals surface area contributed by atoms with Crippen LogP contribution in [-0.2, 0) is 0 Å². The largest absolute Gasteiger partial charge is 0.393 e. The van der Waals surface area contributed by atoms with Gasteiger partial charge >= 0.3 is 12.2 Å². The first-order valence-electron chi connectivity index (χ1n) is 7.60. The predicted octanol–water partition coefficient (Wildman–Crippen LogP) is 2.35. The maximum atomic E-state index is 12.7. The van der Waals surface area contributed by atoms with Crippen molar-refractivity contribution in [2.75, 3.05) is 31.5 Å². The average molecular weight is 341 g/mol. The van der Waals surface area contributed by atoms with Gasteiger partial charge in [-0.2, -0.15) is 18.4 Å². The first kappa shape index (κ1) is 17.8. The average Bonchev–Trinajstić information content (AvgIpc) is 2.58. The number of aromatic nitrogens is 1. The summed E-state index contributed by atoms with van der Waals surface area (Å²) in [5, 5.41) is 14.4. The summed E-state index contributed by atoms with van der Waals surface area (Å²) in [5.74, 6) is -1.05. The summed E-state index contributed by atoms with van der Waals surface area (Å²) >= 11 is 0. The molecule has 2 N–H and O–H groups in total. The molecule has 1 atom stereocenters. The molecular weight excluding hydrogens is 323 g/mol. The van der Waals surface area contributed by atoms with Crippen LogP contribution < -0.4 is 10.6 Å². The number of hydrogen-bond donors (Lipinski definition) is 2. The first-order chi connectivity index (χ1) is 11.4. The highest BCUT2D eigenvalue weighted by Crippen LogP contribution is 2.32. The third kappa shape index (κ3) is 4.75. The SMILES string of the molecule is N#Cc1cccnc1NCCNC(=O)N1CCC[C@@H](C(F)(F)F)C1. The zero-order valence-electron chi connectivity index (χ0n) is 12.9. The maximum absolute atomic E-state index is 12.7. The number of alkyl halides is 3. The second-order valence-electron chi connectivity index (χ2n) is 5.50. The van der Waals surface area contributed by atoms with Gasteiger partial charge in [-0.15, -0.1) is 0 Å². The number of nitrogens with one attached hydrogen (secondary N) is 2. The molecule has 1 aliphatic rings. The fourth-order valence-electron chi connectivity index (χ4n) is 2.53. The Hall–Kier alpha value is -2.50. The van der Waals surface area contributed by atoms with Crippen LogP contribution in [-0.4, -0.2) is 48.3 Å². The van der Waals surface area contributed by atoms with Gasteiger partial charge in [0.05, 0.1) is 11.5 Å². The number of hydrogen-bond acceptors (Lipinski definition) is 4. The van der Waals surface area contributed by atoms with Gasteiger partial charge in [-0.3, -0.25) is 0 Å². The van der Waals surface area contributed by atoms with Crippen LogP contribution in [0.1, 0.15) is 18.4 Å². The van der Waals surface area contributed by atoms with Gasteiger partial charge in [-0.1, -0.05) is 0 Å². The molecule has 0 spiro atoms. The minimum absolute atomic E-state index is 0.0610. The molecule has 1 aromatic rings. The van der Waals surface area contributed by atoms with E-state index in [0.717, 1.165) is 0 Å². The van der Waals surface area contributed by atoms with Crippen molar-refractivity contribution in [2.24, 2.45) is 5.92 Å². The Morgan fingerprint density at radius 3 is 2.96 bits per heavy atom. The molecule has 0 aromatic carbocycles. The molecule has 1 fully saturated rings. The molecule has 0 unspecified atom stereocenters. The Morgan fingerprint density at radius 1 is 1.46 bits per heavy atom. The molecule has 1 saturated heterocycles. The van der Waals surface area contributed by atoms with Crippen LogP contribution in [0, 0.1) is 17.2 Å². The third-order valence-corrected chi connectivity index (χ3v) is 3.79. The minimum atomic E-state index is -4.27. The number of rotatable bonds is 4. The van der Waals surface area contributed by atoms with Crippen molar-refractivity contribution in [1.82, 2.24) is 15.2 Å². The van der Waals surface area contributed by atoms with Crippen molar-refractivity contribution >= 4 is 11.8 Å². The number of piperidine rings is 1. The van der Waals surface area contributed by atoms with Gasteiger partial charge in [0.15, 0.2) is 0 Å². The van der Waals surface area contributed by atoms with E-state index in [1.54, 1.807) is 12.1 Å². The summed E-state index contributed by atoms with van der Waals surface area (Å²) in [5.41, 5.74) is 0.382. The smallest absolute Gasteiger partial charge is 0.367 e. The van der Waals surface area contributed by atoms with Crippen LogP contribution in [0.5, 0.6) is 0 Å². The summed E-state index contributed by atoms with van der Waals surface area (Å²) < 4.78 is 38.2. The standard InChI is InChI=1S/C15H18F3N5O/c16-15(17,18)12-4-2-8-23(10-12)14(24)22-7-6-21-13-11(9-19)3-1-5-20-13/h1,3,5,12H,2,4,6-8,10H2,(H,20,21)(H,22,24)/t12-/m1/s1. The first-order valence-corrected chi connectivity index (χ1v) is 7.60. The Labute approximate surface area is 137 Å². The van der Waals surface area contributed by atoms with E-state index in [1.807, 2.05) is 6.07 Å². The lowest BCUT2D eigenvalue weighted by atomic mass is 9.98. The van der Waals surface area contributed by atoms with Gasteiger partial charge in [-0.05, 0) is 25.0 Å². The number of pyridine rings is 1.